The predicted octanol–water partition coefficient (Wildman–Crippen LogP) is 3.41. The van der Waals surface area contributed by atoms with Gasteiger partial charge in [0.2, 0.25) is 5.82 Å². The van der Waals surface area contributed by atoms with Crippen LogP contribution in [0.1, 0.15) is 21.7 Å². The molecule has 24 heavy (non-hydrogen) atoms. The molecule has 0 saturated heterocycles. The monoisotopic (exact) mass is 324 g/mol. The molecule has 0 aliphatic carbocycles. The summed E-state index contributed by atoms with van der Waals surface area (Å²) in [6, 6.07) is 14.4. The molecule has 3 rings (SSSR count). The van der Waals surface area contributed by atoms with Gasteiger partial charge < -0.3 is 14.0 Å². The minimum Gasteiger partial charge on any atom is -0.497 e. The summed E-state index contributed by atoms with van der Waals surface area (Å²) in [4.78, 5) is 16.2. The lowest BCUT2D eigenvalue weighted by atomic mass is 10.1. The maximum atomic E-state index is 12.0. The van der Waals surface area contributed by atoms with Crippen molar-refractivity contribution >= 4 is 5.97 Å². The first kappa shape index (κ1) is 15.7. The van der Waals surface area contributed by atoms with Gasteiger partial charge in [0, 0.05) is 5.56 Å². The van der Waals surface area contributed by atoms with Gasteiger partial charge in [0.05, 0.1) is 12.7 Å². The maximum Gasteiger partial charge on any atom is 0.338 e. The first-order chi connectivity index (χ1) is 11.7. The van der Waals surface area contributed by atoms with Gasteiger partial charge in [0.1, 0.15) is 5.75 Å². The highest BCUT2D eigenvalue weighted by Crippen LogP contribution is 2.20. The summed E-state index contributed by atoms with van der Waals surface area (Å²) in [5.41, 5.74) is 2.25. The van der Waals surface area contributed by atoms with Crippen LogP contribution in [0.15, 0.2) is 53.1 Å². The van der Waals surface area contributed by atoms with Crippen molar-refractivity contribution in [1.82, 2.24) is 10.1 Å². The minimum absolute atomic E-state index is 0.0492. The highest BCUT2D eigenvalue weighted by atomic mass is 16.5. The second-order valence-electron chi connectivity index (χ2n) is 5.19. The van der Waals surface area contributed by atoms with E-state index in [9.17, 15) is 4.79 Å². The molecule has 1 heterocycles. The Kier molecular flexibility index (Phi) is 4.56. The minimum atomic E-state index is -0.422. The number of ether oxygens (including phenoxy) is 2. The van der Waals surface area contributed by atoms with E-state index >= 15 is 0 Å². The molecule has 0 aliphatic heterocycles. The Morgan fingerprint density at radius 3 is 2.67 bits per heavy atom. The SMILES string of the molecule is COc1ccc(-c2nc(COC(=O)c3cccc(C)c3)no2)cc1. The lowest BCUT2D eigenvalue weighted by Gasteiger charge is -2.02. The number of rotatable bonds is 5. The van der Waals surface area contributed by atoms with Crippen LogP contribution in [0.2, 0.25) is 0 Å². The Balaban J connectivity index is 1.64. The zero-order valence-electron chi connectivity index (χ0n) is 13.4. The molecule has 0 radical (unpaired) electrons. The summed E-state index contributed by atoms with van der Waals surface area (Å²) in [5.74, 6) is 0.987. The van der Waals surface area contributed by atoms with Crippen molar-refractivity contribution in [3.8, 4) is 17.2 Å². The Morgan fingerprint density at radius 2 is 1.96 bits per heavy atom. The van der Waals surface area contributed by atoms with Gasteiger partial charge >= 0.3 is 5.97 Å². The second-order valence-corrected chi connectivity index (χ2v) is 5.19. The van der Waals surface area contributed by atoms with Gasteiger partial charge in [-0.3, -0.25) is 0 Å². The maximum absolute atomic E-state index is 12.0. The standard InChI is InChI=1S/C18H16N2O4/c1-12-4-3-5-14(10-12)18(21)23-11-16-19-17(24-20-16)13-6-8-15(22-2)9-7-13/h3-10H,11H2,1-2H3. The van der Waals surface area contributed by atoms with Crippen molar-refractivity contribution in [2.45, 2.75) is 13.5 Å². The molecule has 1 aromatic heterocycles. The summed E-state index contributed by atoms with van der Waals surface area (Å²) in [6.07, 6.45) is 0. The quantitative estimate of drug-likeness (QED) is 0.670. The number of esters is 1. The average molecular weight is 324 g/mol. The number of aryl methyl sites for hydroxylation is 1. The summed E-state index contributed by atoms with van der Waals surface area (Å²) >= 11 is 0. The Bertz CT molecular complexity index is 840. The van der Waals surface area contributed by atoms with Crippen molar-refractivity contribution in [3.05, 3.63) is 65.5 Å². The van der Waals surface area contributed by atoms with Crippen LogP contribution in [0.5, 0.6) is 5.75 Å². The molecule has 6 heteroatoms. The fourth-order valence-corrected chi connectivity index (χ4v) is 2.15. The molecule has 0 N–H and O–H groups in total. The van der Waals surface area contributed by atoms with Gasteiger partial charge in [-0.2, -0.15) is 4.98 Å². The van der Waals surface area contributed by atoms with Gasteiger partial charge in [0.15, 0.2) is 6.61 Å². The number of carbonyl (C=O) groups excluding carboxylic acids is 1. The smallest absolute Gasteiger partial charge is 0.338 e. The van der Waals surface area contributed by atoms with E-state index in [-0.39, 0.29) is 6.61 Å². The lowest BCUT2D eigenvalue weighted by molar-refractivity contribution is 0.0459. The predicted molar refractivity (Wildman–Crippen MR) is 86.6 cm³/mol. The summed E-state index contributed by atoms with van der Waals surface area (Å²) < 4.78 is 15.5. The van der Waals surface area contributed by atoms with E-state index in [2.05, 4.69) is 10.1 Å². The molecule has 2 aromatic carbocycles. The normalized spacial score (nSPS) is 10.4. The molecule has 0 aliphatic rings. The van der Waals surface area contributed by atoms with Crippen LogP contribution in [0.25, 0.3) is 11.5 Å². The van der Waals surface area contributed by atoms with E-state index in [0.717, 1.165) is 16.9 Å². The van der Waals surface area contributed by atoms with Crippen LogP contribution in [0.4, 0.5) is 0 Å². The lowest BCUT2D eigenvalue weighted by Crippen LogP contribution is -2.06. The highest BCUT2D eigenvalue weighted by Gasteiger charge is 2.12. The van der Waals surface area contributed by atoms with E-state index < -0.39 is 5.97 Å². The number of hydrogen-bond acceptors (Lipinski definition) is 6. The van der Waals surface area contributed by atoms with E-state index in [0.29, 0.717) is 17.3 Å². The fraction of sp³-hybridized carbons (Fsp3) is 0.167. The number of methoxy groups -OCH3 is 1. The third-order valence-corrected chi connectivity index (χ3v) is 3.39. The zero-order chi connectivity index (χ0) is 16.9. The third kappa shape index (κ3) is 3.60. The van der Waals surface area contributed by atoms with Crippen molar-refractivity contribution < 1.29 is 18.8 Å². The molecule has 3 aromatic rings. The number of benzene rings is 2. The summed E-state index contributed by atoms with van der Waals surface area (Å²) in [6.45, 7) is 1.86. The van der Waals surface area contributed by atoms with Crippen molar-refractivity contribution in [2.75, 3.05) is 7.11 Å². The largest absolute Gasteiger partial charge is 0.497 e. The number of nitrogens with zero attached hydrogens (tertiary/aromatic N) is 2. The second kappa shape index (κ2) is 6.95. The third-order valence-electron chi connectivity index (χ3n) is 3.39. The average Bonchev–Trinajstić information content (AvgIpc) is 3.09. The van der Waals surface area contributed by atoms with Crippen LogP contribution in [0.3, 0.4) is 0 Å². The topological polar surface area (TPSA) is 74.5 Å². The van der Waals surface area contributed by atoms with Crippen LogP contribution < -0.4 is 4.74 Å². The number of aromatic nitrogens is 2. The molecule has 0 amide bonds. The summed E-state index contributed by atoms with van der Waals surface area (Å²) in [5, 5.41) is 3.82. The van der Waals surface area contributed by atoms with Crippen molar-refractivity contribution in [1.29, 1.82) is 0 Å². The molecule has 0 atom stereocenters. The zero-order valence-corrected chi connectivity index (χ0v) is 13.4. The van der Waals surface area contributed by atoms with Crippen LogP contribution in [-0.2, 0) is 11.3 Å². The Labute approximate surface area is 139 Å². The van der Waals surface area contributed by atoms with Gasteiger partial charge in [-0.05, 0) is 43.3 Å². The van der Waals surface area contributed by atoms with Crippen LogP contribution >= 0.6 is 0 Å². The molecular weight excluding hydrogens is 308 g/mol. The van der Waals surface area contributed by atoms with Crippen molar-refractivity contribution in [2.24, 2.45) is 0 Å². The molecule has 0 spiro atoms. The summed E-state index contributed by atoms with van der Waals surface area (Å²) in [7, 11) is 1.60. The van der Waals surface area contributed by atoms with Gasteiger partial charge in [-0.15, -0.1) is 0 Å². The van der Waals surface area contributed by atoms with Gasteiger partial charge in [-0.1, -0.05) is 22.9 Å². The molecule has 6 nitrogen and oxygen atoms in total. The van der Waals surface area contributed by atoms with Crippen LogP contribution in [-0.4, -0.2) is 23.2 Å². The highest BCUT2D eigenvalue weighted by molar-refractivity contribution is 5.89. The van der Waals surface area contributed by atoms with Crippen LogP contribution in [0, 0.1) is 6.92 Å². The van der Waals surface area contributed by atoms with Gasteiger partial charge in [0.25, 0.3) is 5.89 Å². The van der Waals surface area contributed by atoms with E-state index in [1.54, 1.807) is 31.4 Å². The molecule has 0 saturated carbocycles. The van der Waals surface area contributed by atoms with Crippen molar-refractivity contribution in [3.63, 3.8) is 0 Å². The molecule has 0 bridgehead atoms. The number of carbonyl (C=O) groups is 1. The first-order valence-electron chi connectivity index (χ1n) is 7.36. The molecule has 0 fully saturated rings. The first-order valence-corrected chi connectivity index (χ1v) is 7.36. The van der Waals surface area contributed by atoms with Gasteiger partial charge in [-0.25, -0.2) is 4.79 Å². The van der Waals surface area contributed by atoms with E-state index in [1.807, 2.05) is 31.2 Å². The van der Waals surface area contributed by atoms with E-state index in [4.69, 9.17) is 14.0 Å². The Hall–Kier alpha value is -3.15. The van der Waals surface area contributed by atoms with E-state index in [1.165, 1.54) is 0 Å². The Morgan fingerprint density at radius 1 is 1.17 bits per heavy atom. The molecule has 0 unspecified atom stereocenters. The number of hydrogen-bond donors (Lipinski definition) is 0. The molecular formula is C18H16N2O4. The molecule has 122 valence electrons. The fourth-order valence-electron chi connectivity index (χ4n) is 2.15.